The van der Waals surface area contributed by atoms with Crippen molar-refractivity contribution < 1.29 is 38.4 Å². The number of aliphatic hydroxyl groups excluding tert-OH is 1. The van der Waals surface area contributed by atoms with Crippen LogP contribution < -0.4 is 4.74 Å². The molecule has 170 valence electrons. The Morgan fingerprint density at radius 2 is 1.73 bits per heavy atom. The number of hydrogen-bond donors (Lipinski definition) is 2. The number of pyridine rings is 1. The van der Waals surface area contributed by atoms with Crippen LogP contribution in [0.1, 0.15) is 38.8 Å². The Kier molecular flexibility index (Phi) is 5.12. The number of methoxy groups -OCH3 is 1. The van der Waals surface area contributed by atoms with Crippen LogP contribution in [0.4, 0.5) is 4.39 Å². The molecule has 0 amide bonds. The number of phenols is 1. The van der Waals surface area contributed by atoms with E-state index in [-0.39, 0.29) is 38.9 Å². The fourth-order valence-electron chi connectivity index (χ4n) is 4.51. The minimum absolute atomic E-state index is 0.000797. The number of nitrogens with zero attached hydrogens (tertiary/aromatic N) is 1. The molecule has 0 spiro atoms. The number of aromatic hydroxyl groups is 1. The van der Waals surface area contributed by atoms with Crippen LogP contribution in [-0.4, -0.2) is 64.6 Å². The monoisotopic (exact) mass is 453 g/mol. The Balaban J connectivity index is 1.67. The molecular weight excluding hydrogens is 433 g/mol. The summed E-state index contributed by atoms with van der Waals surface area (Å²) in [5.41, 5.74) is 0.171. The molecule has 0 unspecified atom stereocenters. The number of ketones is 2. The molecule has 1 fully saturated rings. The number of aromatic nitrogens is 1. The van der Waals surface area contributed by atoms with Gasteiger partial charge in [-0.1, -0.05) is 30.3 Å². The molecule has 5 atom stereocenters. The van der Waals surface area contributed by atoms with Gasteiger partial charge in [0.2, 0.25) is 6.29 Å². The number of halogens is 1. The van der Waals surface area contributed by atoms with E-state index in [4.69, 9.17) is 14.2 Å². The zero-order chi connectivity index (χ0) is 23.4. The van der Waals surface area contributed by atoms with Gasteiger partial charge in [0.15, 0.2) is 29.2 Å². The Hall–Kier alpha value is -3.40. The van der Waals surface area contributed by atoms with Crippen molar-refractivity contribution >= 4 is 22.5 Å². The lowest BCUT2D eigenvalue weighted by atomic mass is 9.81. The van der Waals surface area contributed by atoms with Gasteiger partial charge in [-0.3, -0.25) is 14.6 Å². The van der Waals surface area contributed by atoms with E-state index in [1.165, 1.54) is 19.4 Å². The lowest BCUT2D eigenvalue weighted by Crippen LogP contribution is -2.57. The minimum atomic E-state index is -2.02. The molecule has 2 N–H and O–H groups in total. The van der Waals surface area contributed by atoms with Crippen molar-refractivity contribution in [2.75, 3.05) is 7.11 Å². The summed E-state index contributed by atoms with van der Waals surface area (Å²) in [4.78, 5) is 30.7. The summed E-state index contributed by atoms with van der Waals surface area (Å²) in [6, 6.07) is 9.45. The molecule has 8 nitrogen and oxygen atoms in total. The molecule has 33 heavy (non-hydrogen) atoms. The van der Waals surface area contributed by atoms with E-state index >= 15 is 0 Å². The van der Waals surface area contributed by atoms with Gasteiger partial charge in [-0.05, 0) is 13.0 Å². The second kappa shape index (κ2) is 7.87. The van der Waals surface area contributed by atoms with Crippen molar-refractivity contribution in [3.8, 4) is 11.5 Å². The van der Waals surface area contributed by atoms with Crippen LogP contribution in [0.5, 0.6) is 11.5 Å². The number of fused-ring (bicyclic) bond motifs is 4. The van der Waals surface area contributed by atoms with Gasteiger partial charge in [0.05, 0.1) is 11.7 Å². The topological polar surface area (TPSA) is 115 Å². The first kappa shape index (κ1) is 21.4. The van der Waals surface area contributed by atoms with E-state index < -0.39 is 48.1 Å². The van der Waals surface area contributed by atoms with Crippen molar-refractivity contribution in [1.82, 2.24) is 4.98 Å². The highest BCUT2D eigenvalue weighted by atomic mass is 19.1. The molecule has 1 aromatic heterocycles. The van der Waals surface area contributed by atoms with Crippen LogP contribution in [0, 0.1) is 0 Å². The average Bonchev–Trinajstić information content (AvgIpc) is 2.82. The highest BCUT2D eigenvalue weighted by molar-refractivity contribution is 6.33. The van der Waals surface area contributed by atoms with Gasteiger partial charge in [0.1, 0.15) is 17.7 Å². The predicted molar refractivity (Wildman–Crippen MR) is 113 cm³/mol. The number of alkyl halides is 1. The number of hydrogen-bond acceptors (Lipinski definition) is 8. The molecule has 1 aliphatic carbocycles. The Bertz CT molecular complexity index is 1290. The second-order valence-electron chi connectivity index (χ2n) is 7.99. The number of carbonyl (C=O) groups excluding carboxylic acids is 2. The van der Waals surface area contributed by atoms with Gasteiger partial charge in [-0.2, -0.15) is 0 Å². The quantitative estimate of drug-likeness (QED) is 0.486. The summed E-state index contributed by atoms with van der Waals surface area (Å²) in [5.74, 6) is -1.96. The summed E-state index contributed by atoms with van der Waals surface area (Å²) in [7, 11) is 1.33. The standard InChI is InChI=1S/C24H20FNO7/c1-10-22(31-2)21(30)16(25)24(32-10)33-23-17-13(8-5-9-26-17)14-15(20(23)29)19(28)12-7-4-3-6-11(12)18(14)27/h3-10,16,21-22,24,29-30H,1-2H3/t10-,16+,21-,22+,24-/m0/s1. The third-order valence-electron chi connectivity index (χ3n) is 6.10. The zero-order valence-corrected chi connectivity index (χ0v) is 17.7. The van der Waals surface area contributed by atoms with Crippen LogP contribution in [0.2, 0.25) is 0 Å². The molecule has 1 saturated heterocycles. The van der Waals surface area contributed by atoms with Gasteiger partial charge in [-0.25, -0.2) is 4.39 Å². The molecule has 0 bridgehead atoms. The molecular formula is C24H20FNO7. The van der Waals surface area contributed by atoms with Crippen molar-refractivity contribution in [3.05, 3.63) is 64.8 Å². The van der Waals surface area contributed by atoms with Gasteiger partial charge in [0, 0.05) is 35.4 Å². The number of ether oxygens (including phenoxy) is 3. The van der Waals surface area contributed by atoms with Crippen molar-refractivity contribution in [2.24, 2.45) is 0 Å². The first-order chi connectivity index (χ1) is 15.8. The van der Waals surface area contributed by atoms with E-state index in [0.29, 0.717) is 0 Å². The largest absolute Gasteiger partial charge is 0.504 e. The molecule has 1 aliphatic heterocycles. The molecule has 2 heterocycles. The Morgan fingerprint density at radius 3 is 2.39 bits per heavy atom. The third kappa shape index (κ3) is 3.12. The molecule has 0 saturated carbocycles. The molecule has 2 aromatic carbocycles. The van der Waals surface area contributed by atoms with Crippen molar-refractivity contribution in [1.29, 1.82) is 0 Å². The fraction of sp³-hybridized carbons (Fsp3) is 0.292. The van der Waals surface area contributed by atoms with Crippen molar-refractivity contribution in [3.63, 3.8) is 0 Å². The summed E-state index contributed by atoms with van der Waals surface area (Å²) in [6.45, 7) is 1.59. The van der Waals surface area contributed by atoms with E-state index in [9.17, 15) is 24.2 Å². The molecule has 2 aliphatic rings. The maximum atomic E-state index is 14.9. The average molecular weight is 453 g/mol. The number of aliphatic hydroxyl groups is 1. The number of benzene rings is 2. The predicted octanol–water partition coefficient (Wildman–Crippen LogP) is 2.55. The molecule has 0 radical (unpaired) electrons. The first-order valence-electron chi connectivity index (χ1n) is 10.3. The van der Waals surface area contributed by atoms with Gasteiger partial charge >= 0.3 is 0 Å². The normalized spacial score (nSPS) is 26.7. The zero-order valence-electron chi connectivity index (χ0n) is 17.7. The molecule has 3 aromatic rings. The fourth-order valence-corrected chi connectivity index (χ4v) is 4.51. The number of rotatable bonds is 3. The molecule has 9 heteroatoms. The Labute approximate surface area is 187 Å². The van der Waals surface area contributed by atoms with Gasteiger partial charge < -0.3 is 24.4 Å². The van der Waals surface area contributed by atoms with E-state index in [1.54, 1.807) is 37.3 Å². The van der Waals surface area contributed by atoms with Crippen molar-refractivity contribution in [2.45, 2.75) is 37.7 Å². The van der Waals surface area contributed by atoms with Crippen LogP contribution in [0.3, 0.4) is 0 Å². The smallest absolute Gasteiger partial charge is 0.234 e. The summed E-state index contributed by atoms with van der Waals surface area (Å²) in [6.07, 6.45) is -5.40. The summed E-state index contributed by atoms with van der Waals surface area (Å²) < 4.78 is 31.3. The van der Waals surface area contributed by atoms with Crippen LogP contribution in [0.25, 0.3) is 10.9 Å². The van der Waals surface area contributed by atoms with E-state index in [0.717, 1.165) is 0 Å². The second-order valence-corrected chi connectivity index (χ2v) is 7.99. The number of carbonyl (C=O) groups is 2. The Morgan fingerprint density at radius 1 is 1.06 bits per heavy atom. The van der Waals surface area contributed by atoms with E-state index in [1.807, 2.05) is 0 Å². The molecule has 5 rings (SSSR count). The number of phenolic OH excluding ortho intramolecular Hbond substituents is 1. The van der Waals surface area contributed by atoms with Gasteiger partial charge in [0.25, 0.3) is 0 Å². The summed E-state index contributed by atoms with van der Waals surface area (Å²) >= 11 is 0. The first-order valence-corrected chi connectivity index (χ1v) is 10.3. The van der Waals surface area contributed by atoms with Crippen LogP contribution in [0.15, 0.2) is 42.6 Å². The van der Waals surface area contributed by atoms with Crippen LogP contribution in [-0.2, 0) is 9.47 Å². The SMILES string of the molecule is CO[C@H]1[C@@H](O)[C@@H](F)[C@H](Oc2c(O)c3c(c4cccnc24)C(=O)c2ccccc2C3=O)O[C@H]1C. The lowest BCUT2D eigenvalue weighted by molar-refractivity contribution is -0.256. The maximum absolute atomic E-state index is 14.9. The summed E-state index contributed by atoms with van der Waals surface area (Å²) in [5, 5.41) is 21.6. The van der Waals surface area contributed by atoms with Gasteiger partial charge in [-0.15, -0.1) is 0 Å². The maximum Gasteiger partial charge on any atom is 0.234 e. The minimum Gasteiger partial charge on any atom is -0.504 e. The highest BCUT2D eigenvalue weighted by Gasteiger charge is 2.46. The van der Waals surface area contributed by atoms with E-state index in [2.05, 4.69) is 4.98 Å². The van der Waals surface area contributed by atoms with Crippen LogP contribution >= 0.6 is 0 Å². The lowest BCUT2D eigenvalue weighted by Gasteiger charge is -2.39. The highest BCUT2D eigenvalue weighted by Crippen LogP contribution is 2.45. The third-order valence-corrected chi connectivity index (χ3v) is 6.10.